The van der Waals surface area contributed by atoms with Crippen LogP contribution in [0.5, 0.6) is 5.75 Å². The van der Waals surface area contributed by atoms with Gasteiger partial charge in [0.05, 0.1) is 25.0 Å². The Morgan fingerprint density at radius 3 is 2.68 bits per heavy atom. The van der Waals surface area contributed by atoms with E-state index in [9.17, 15) is 4.79 Å². The van der Waals surface area contributed by atoms with E-state index in [0.29, 0.717) is 17.2 Å². The minimum absolute atomic E-state index is 0.348. The smallest absolute Gasteiger partial charge is 0.339 e. The highest BCUT2D eigenvalue weighted by atomic mass is 35.5. The number of carbonyl (C=O) groups excluding carboxylic acids is 1. The molecule has 0 N–H and O–H groups in total. The highest BCUT2D eigenvalue weighted by molar-refractivity contribution is 6.30. The molecule has 5 heteroatoms. The Kier molecular flexibility index (Phi) is 5.39. The third kappa shape index (κ3) is 3.69. The molecule has 0 bridgehead atoms. The second kappa shape index (κ2) is 7.70. The molecule has 3 rings (SSSR count). The summed E-state index contributed by atoms with van der Waals surface area (Å²) in [5.74, 6) is 0.459. The van der Waals surface area contributed by atoms with Crippen LogP contribution in [0.1, 0.15) is 47.8 Å². The van der Waals surface area contributed by atoms with Gasteiger partial charge in [-0.2, -0.15) is 0 Å². The zero-order chi connectivity index (χ0) is 17.8. The molecule has 0 unspecified atom stereocenters. The fraction of sp³-hybridized carbons (Fsp3) is 0.300. The molecule has 0 spiro atoms. The van der Waals surface area contributed by atoms with Gasteiger partial charge in [0.25, 0.3) is 0 Å². The SMILES string of the molecule is CCOC(=O)c1ccc(C2=C(c3cc(Cl)ccc3OC)CCC2)nc1. The van der Waals surface area contributed by atoms with Crippen LogP contribution in [0.25, 0.3) is 11.1 Å². The van der Waals surface area contributed by atoms with Crippen LogP contribution in [0.15, 0.2) is 36.5 Å². The number of hydrogen-bond donors (Lipinski definition) is 0. The van der Waals surface area contributed by atoms with Crippen molar-refractivity contribution in [2.45, 2.75) is 26.2 Å². The largest absolute Gasteiger partial charge is 0.496 e. The Morgan fingerprint density at radius 2 is 2.00 bits per heavy atom. The lowest BCUT2D eigenvalue weighted by molar-refractivity contribution is 0.0526. The number of esters is 1. The van der Waals surface area contributed by atoms with E-state index in [1.165, 1.54) is 11.1 Å². The van der Waals surface area contributed by atoms with E-state index >= 15 is 0 Å². The van der Waals surface area contributed by atoms with E-state index in [1.807, 2.05) is 24.3 Å². The van der Waals surface area contributed by atoms with Crippen LogP contribution < -0.4 is 4.74 Å². The average Bonchev–Trinajstić information content (AvgIpc) is 3.11. The first-order valence-electron chi connectivity index (χ1n) is 8.33. The standard InChI is InChI=1S/C20H20ClNO3/c1-3-25-20(23)13-7-9-18(22-12-13)16-6-4-5-15(16)17-11-14(21)8-10-19(17)24-2/h7-12H,3-6H2,1-2H3. The summed E-state index contributed by atoms with van der Waals surface area (Å²) < 4.78 is 10.5. The van der Waals surface area contributed by atoms with Gasteiger partial charge in [-0.3, -0.25) is 4.98 Å². The number of hydrogen-bond acceptors (Lipinski definition) is 4. The fourth-order valence-corrected chi connectivity index (χ4v) is 3.32. The lowest BCUT2D eigenvalue weighted by atomic mass is 9.99. The molecule has 0 aliphatic heterocycles. The number of allylic oxidation sites excluding steroid dienone is 2. The van der Waals surface area contributed by atoms with Gasteiger partial charge < -0.3 is 9.47 Å². The number of halogens is 1. The van der Waals surface area contributed by atoms with Gasteiger partial charge in [0.2, 0.25) is 0 Å². The summed E-state index contributed by atoms with van der Waals surface area (Å²) in [7, 11) is 1.66. The quantitative estimate of drug-likeness (QED) is 0.705. The van der Waals surface area contributed by atoms with Crippen LogP contribution in [0.3, 0.4) is 0 Å². The van der Waals surface area contributed by atoms with Crippen molar-refractivity contribution >= 4 is 28.7 Å². The lowest BCUT2D eigenvalue weighted by Crippen LogP contribution is -2.05. The molecule has 0 saturated heterocycles. The predicted octanol–water partition coefficient (Wildman–Crippen LogP) is 5.02. The number of rotatable bonds is 5. The summed E-state index contributed by atoms with van der Waals surface area (Å²) >= 11 is 6.19. The van der Waals surface area contributed by atoms with Gasteiger partial charge in [0, 0.05) is 16.8 Å². The van der Waals surface area contributed by atoms with Crippen molar-refractivity contribution in [2.75, 3.05) is 13.7 Å². The summed E-state index contributed by atoms with van der Waals surface area (Å²) in [6, 6.07) is 9.29. The molecule has 1 aliphatic rings. The van der Waals surface area contributed by atoms with E-state index in [-0.39, 0.29) is 5.97 Å². The van der Waals surface area contributed by atoms with Crippen LogP contribution >= 0.6 is 11.6 Å². The van der Waals surface area contributed by atoms with Crippen molar-refractivity contribution in [1.82, 2.24) is 4.98 Å². The molecule has 0 amide bonds. The molecule has 1 aliphatic carbocycles. The van der Waals surface area contributed by atoms with Gasteiger partial charge in [-0.15, -0.1) is 0 Å². The maximum absolute atomic E-state index is 11.8. The normalized spacial score (nSPS) is 13.9. The maximum atomic E-state index is 11.8. The van der Waals surface area contributed by atoms with Crippen molar-refractivity contribution in [1.29, 1.82) is 0 Å². The highest BCUT2D eigenvalue weighted by Gasteiger charge is 2.21. The zero-order valence-corrected chi connectivity index (χ0v) is 15.1. The zero-order valence-electron chi connectivity index (χ0n) is 14.3. The van der Waals surface area contributed by atoms with Gasteiger partial charge in [0.15, 0.2) is 0 Å². The van der Waals surface area contributed by atoms with E-state index in [1.54, 1.807) is 26.3 Å². The van der Waals surface area contributed by atoms with Crippen LogP contribution in [-0.2, 0) is 4.74 Å². The molecule has 1 aromatic heterocycles. The third-order valence-electron chi connectivity index (χ3n) is 4.29. The monoisotopic (exact) mass is 357 g/mol. The Hall–Kier alpha value is -2.33. The van der Waals surface area contributed by atoms with Crippen LogP contribution in [-0.4, -0.2) is 24.7 Å². The first-order chi connectivity index (χ1) is 12.1. The van der Waals surface area contributed by atoms with E-state index in [0.717, 1.165) is 36.3 Å². The van der Waals surface area contributed by atoms with Crippen LogP contribution in [0.2, 0.25) is 5.02 Å². The summed E-state index contributed by atoms with van der Waals surface area (Å²) in [5, 5.41) is 0.681. The fourth-order valence-electron chi connectivity index (χ4n) is 3.15. The minimum atomic E-state index is -0.348. The number of pyridine rings is 1. The van der Waals surface area contributed by atoms with Gasteiger partial charge >= 0.3 is 5.97 Å². The second-order valence-corrected chi connectivity index (χ2v) is 6.24. The molecular weight excluding hydrogens is 338 g/mol. The summed E-state index contributed by atoms with van der Waals surface area (Å²) in [6.07, 6.45) is 4.53. The number of ether oxygens (including phenoxy) is 2. The molecular formula is C20H20ClNO3. The molecule has 0 fully saturated rings. The third-order valence-corrected chi connectivity index (χ3v) is 4.52. The predicted molar refractivity (Wildman–Crippen MR) is 98.9 cm³/mol. The molecule has 1 aromatic carbocycles. The van der Waals surface area contributed by atoms with Crippen LogP contribution in [0.4, 0.5) is 0 Å². The molecule has 4 nitrogen and oxygen atoms in total. The number of methoxy groups -OCH3 is 1. The van der Waals surface area contributed by atoms with Gasteiger partial charge in [-0.05, 0) is 67.7 Å². The molecule has 0 atom stereocenters. The van der Waals surface area contributed by atoms with Crippen molar-refractivity contribution in [2.24, 2.45) is 0 Å². The number of carbonyl (C=O) groups is 1. The minimum Gasteiger partial charge on any atom is -0.496 e. The van der Waals surface area contributed by atoms with Gasteiger partial charge in [-0.1, -0.05) is 11.6 Å². The molecule has 0 radical (unpaired) electrons. The summed E-state index contributed by atoms with van der Waals surface area (Å²) in [6.45, 7) is 2.14. The highest BCUT2D eigenvalue weighted by Crippen LogP contribution is 2.42. The summed E-state index contributed by atoms with van der Waals surface area (Å²) in [5.41, 5.74) is 4.74. The Bertz CT molecular complexity index is 812. The first-order valence-corrected chi connectivity index (χ1v) is 8.71. The van der Waals surface area contributed by atoms with Crippen molar-refractivity contribution in [3.05, 3.63) is 58.4 Å². The van der Waals surface area contributed by atoms with E-state index < -0.39 is 0 Å². The average molecular weight is 358 g/mol. The van der Waals surface area contributed by atoms with E-state index in [4.69, 9.17) is 21.1 Å². The van der Waals surface area contributed by atoms with Gasteiger partial charge in [-0.25, -0.2) is 4.79 Å². The first kappa shape index (κ1) is 17.5. The Labute approximate surface area is 152 Å². The number of benzene rings is 1. The molecule has 1 heterocycles. The number of nitrogens with zero attached hydrogens (tertiary/aromatic N) is 1. The van der Waals surface area contributed by atoms with Crippen LogP contribution in [0, 0.1) is 0 Å². The Morgan fingerprint density at radius 1 is 1.20 bits per heavy atom. The molecule has 130 valence electrons. The molecule has 0 saturated carbocycles. The van der Waals surface area contributed by atoms with Gasteiger partial charge in [0.1, 0.15) is 5.75 Å². The summed E-state index contributed by atoms with van der Waals surface area (Å²) in [4.78, 5) is 16.3. The van der Waals surface area contributed by atoms with Crippen molar-refractivity contribution < 1.29 is 14.3 Å². The lowest BCUT2D eigenvalue weighted by Gasteiger charge is -2.13. The van der Waals surface area contributed by atoms with E-state index in [2.05, 4.69) is 4.98 Å². The Balaban J connectivity index is 1.99. The second-order valence-electron chi connectivity index (χ2n) is 5.81. The topological polar surface area (TPSA) is 48.4 Å². The van der Waals surface area contributed by atoms with Crippen molar-refractivity contribution in [3.63, 3.8) is 0 Å². The molecule has 2 aromatic rings. The number of aromatic nitrogens is 1. The van der Waals surface area contributed by atoms with Crippen molar-refractivity contribution in [3.8, 4) is 5.75 Å². The maximum Gasteiger partial charge on any atom is 0.339 e. The molecule has 25 heavy (non-hydrogen) atoms.